The van der Waals surface area contributed by atoms with Crippen LogP contribution in [0.4, 0.5) is 4.39 Å². The Balaban J connectivity index is 2.16. The number of carbonyl (C=O) groups is 2. The van der Waals surface area contributed by atoms with Crippen molar-refractivity contribution in [3.8, 4) is 11.5 Å². The molecule has 0 heterocycles. The lowest BCUT2D eigenvalue weighted by Crippen LogP contribution is -2.50. The molecule has 0 fully saturated rings. The van der Waals surface area contributed by atoms with Crippen molar-refractivity contribution >= 4 is 11.8 Å². The third-order valence-electron chi connectivity index (χ3n) is 4.30. The number of rotatable bonds is 9. The predicted molar refractivity (Wildman–Crippen MR) is 108 cm³/mol. The maximum atomic E-state index is 13.8. The third-order valence-corrected chi connectivity index (χ3v) is 4.30. The van der Waals surface area contributed by atoms with E-state index in [2.05, 4.69) is 5.32 Å². The number of methoxy groups -OCH3 is 1. The van der Waals surface area contributed by atoms with E-state index in [-0.39, 0.29) is 30.9 Å². The van der Waals surface area contributed by atoms with Crippen LogP contribution in [0.2, 0.25) is 0 Å². The summed E-state index contributed by atoms with van der Waals surface area (Å²) in [6, 6.07) is 12.3. The number of nitrogens with zero attached hydrogens (tertiary/aromatic N) is 1. The van der Waals surface area contributed by atoms with Crippen molar-refractivity contribution in [3.05, 3.63) is 59.9 Å². The zero-order valence-electron chi connectivity index (χ0n) is 17.1. The minimum Gasteiger partial charge on any atom is -0.497 e. The zero-order valence-corrected chi connectivity index (χ0v) is 17.1. The summed E-state index contributed by atoms with van der Waals surface area (Å²) in [6.07, 6.45) is 0. The lowest BCUT2D eigenvalue weighted by Gasteiger charge is -2.29. The van der Waals surface area contributed by atoms with Crippen LogP contribution in [0, 0.1) is 5.82 Å². The van der Waals surface area contributed by atoms with Crippen LogP contribution in [-0.4, -0.2) is 42.5 Å². The molecule has 2 aromatic carbocycles. The normalized spacial score (nSPS) is 11.7. The van der Waals surface area contributed by atoms with Crippen molar-refractivity contribution in [2.75, 3.05) is 13.7 Å². The molecule has 7 heteroatoms. The van der Waals surface area contributed by atoms with Gasteiger partial charge in [-0.25, -0.2) is 4.39 Å². The molecule has 0 aliphatic carbocycles. The van der Waals surface area contributed by atoms with Crippen LogP contribution in [-0.2, 0) is 16.1 Å². The van der Waals surface area contributed by atoms with E-state index in [1.165, 1.54) is 17.0 Å². The molecular formula is C22H27FN2O4. The molecule has 2 amide bonds. The van der Waals surface area contributed by atoms with E-state index < -0.39 is 17.8 Å². The highest BCUT2D eigenvalue weighted by molar-refractivity contribution is 5.88. The average molecular weight is 402 g/mol. The van der Waals surface area contributed by atoms with Gasteiger partial charge >= 0.3 is 0 Å². The number of benzene rings is 2. The number of carbonyl (C=O) groups excluding carboxylic acids is 2. The van der Waals surface area contributed by atoms with Crippen molar-refractivity contribution in [2.45, 2.75) is 39.4 Å². The van der Waals surface area contributed by atoms with Gasteiger partial charge in [0.2, 0.25) is 5.91 Å². The molecule has 0 radical (unpaired) electrons. The van der Waals surface area contributed by atoms with Gasteiger partial charge < -0.3 is 19.7 Å². The quantitative estimate of drug-likeness (QED) is 0.700. The lowest BCUT2D eigenvalue weighted by molar-refractivity contribution is -0.142. The third kappa shape index (κ3) is 6.48. The Kier molecular flexibility index (Phi) is 8.00. The van der Waals surface area contributed by atoms with Crippen molar-refractivity contribution in [2.24, 2.45) is 0 Å². The first kappa shape index (κ1) is 22.2. The van der Waals surface area contributed by atoms with Gasteiger partial charge in [-0.2, -0.15) is 0 Å². The number of hydrogen-bond donors (Lipinski definition) is 1. The van der Waals surface area contributed by atoms with Gasteiger partial charge in [-0.15, -0.1) is 0 Å². The first-order valence-electron chi connectivity index (χ1n) is 9.42. The van der Waals surface area contributed by atoms with Crippen LogP contribution in [0.3, 0.4) is 0 Å². The fourth-order valence-corrected chi connectivity index (χ4v) is 2.70. The molecule has 29 heavy (non-hydrogen) atoms. The summed E-state index contributed by atoms with van der Waals surface area (Å²) in [7, 11) is 1.57. The predicted octanol–water partition coefficient (Wildman–Crippen LogP) is 3.16. The molecule has 0 saturated carbocycles. The van der Waals surface area contributed by atoms with Crippen LogP contribution in [0.25, 0.3) is 0 Å². The number of amides is 2. The standard InChI is InChI=1S/C22H27FN2O4/c1-15(2)24-22(27)16(3)25(13-17-9-11-18(28-4)12-10-17)21(26)14-29-20-8-6-5-7-19(20)23/h5-12,15-16H,13-14H2,1-4H3,(H,24,27)/t16-/m1/s1. The highest BCUT2D eigenvalue weighted by Gasteiger charge is 2.27. The fourth-order valence-electron chi connectivity index (χ4n) is 2.70. The van der Waals surface area contributed by atoms with Crippen LogP contribution in [0.5, 0.6) is 11.5 Å². The summed E-state index contributed by atoms with van der Waals surface area (Å²) in [4.78, 5) is 26.8. The van der Waals surface area contributed by atoms with Gasteiger partial charge in [0, 0.05) is 12.6 Å². The van der Waals surface area contributed by atoms with Crippen LogP contribution in [0.1, 0.15) is 26.3 Å². The fraction of sp³-hybridized carbons (Fsp3) is 0.364. The van der Waals surface area contributed by atoms with E-state index in [9.17, 15) is 14.0 Å². The second-order valence-electron chi connectivity index (χ2n) is 6.93. The monoisotopic (exact) mass is 402 g/mol. The minimum absolute atomic E-state index is 0.00969. The van der Waals surface area contributed by atoms with Crippen molar-refractivity contribution < 1.29 is 23.5 Å². The van der Waals surface area contributed by atoms with Crippen molar-refractivity contribution in [1.29, 1.82) is 0 Å². The molecule has 2 aromatic rings. The first-order chi connectivity index (χ1) is 13.8. The number of ether oxygens (including phenoxy) is 2. The van der Waals surface area contributed by atoms with E-state index in [0.29, 0.717) is 5.75 Å². The van der Waals surface area contributed by atoms with E-state index in [4.69, 9.17) is 9.47 Å². The van der Waals surface area contributed by atoms with E-state index in [1.807, 2.05) is 26.0 Å². The molecule has 0 bridgehead atoms. The van der Waals surface area contributed by atoms with Crippen LogP contribution >= 0.6 is 0 Å². The Morgan fingerprint density at radius 2 is 1.72 bits per heavy atom. The molecule has 1 atom stereocenters. The summed E-state index contributed by atoms with van der Waals surface area (Å²) in [5.74, 6) is -0.555. The molecule has 0 spiro atoms. The van der Waals surface area contributed by atoms with Gasteiger partial charge in [0.05, 0.1) is 7.11 Å². The summed E-state index contributed by atoms with van der Waals surface area (Å²) >= 11 is 0. The maximum Gasteiger partial charge on any atom is 0.261 e. The van der Waals surface area contributed by atoms with E-state index in [0.717, 1.165) is 5.56 Å². The van der Waals surface area contributed by atoms with Gasteiger partial charge in [0.25, 0.3) is 5.91 Å². The highest BCUT2D eigenvalue weighted by Crippen LogP contribution is 2.17. The minimum atomic E-state index is -0.726. The topological polar surface area (TPSA) is 67.9 Å². The number of nitrogens with one attached hydrogen (secondary N) is 1. The summed E-state index contributed by atoms with van der Waals surface area (Å²) in [5.41, 5.74) is 0.828. The summed E-state index contributed by atoms with van der Waals surface area (Å²) in [5, 5.41) is 2.81. The molecule has 0 aliphatic rings. The Bertz CT molecular complexity index is 824. The van der Waals surface area contributed by atoms with Gasteiger partial charge in [-0.05, 0) is 50.6 Å². The zero-order chi connectivity index (χ0) is 21.4. The Hall–Kier alpha value is -3.09. The first-order valence-corrected chi connectivity index (χ1v) is 9.42. The largest absolute Gasteiger partial charge is 0.497 e. The van der Waals surface area contributed by atoms with Gasteiger partial charge in [-0.3, -0.25) is 9.59 Å². The second-order valence-corrected chi connectivity index (χ2v) is 6.93. The van der Waals surface area contributed by atoms with Crippen molar-refractivity contribution in [3.63, 3.8) is 0 Å². The summed E-state index contributed by atoms with van der Waals surface area (Å²) < 4.78 is 24.3. The molecule has 0 aliphatic heterocycles. The van der Waals surface area contributed by atoms with Crippen LogP contribution < -0.4 is 14.8 Å². The molecule has 0 saturated heterocycles. The summed E-state index contributed by atoms with van der Waals surface area (Å²) in [6.45, 7) is 5.18. The lowest BCUT2D eigenvalue weighted by atomic mass is 10.1. The second kappa shape index (κ2) is 10.5. The number of halogens is 1. The Morgan fingerprint density at radius 3 is 2.31 bits per heavy atom. The molecule has 1 N–H and O–H groups in total. The molecule has 6 nitrogen and oxygen atoms in total. The van der Waals surface area contributed by atoms with E-state index in [1.54, 1.807) is 38.3 Å². The van der Waals surface area contributed by atoms with Gasteiger partial charge in [0.1, 0.15) is 11.8 Å². The van der Waals surface area contributed by atoms with Gasteiger partial charge in [-0.1, -0.05) is 24.3 Å². The SMILES string of the molecule is COc1ccc(CN(C(=O)COc2ccccc2F)[C@H](C)C(=O)NC(C)C)cc1. The number of hydrogen-bond acceptors (Lipinski definition) is 4. The highest BCUT2D eigenvalue weighted by atomic mass is 19.1. The van der Waals surface area contributed by atoms with E-state index >= 15 is 0 Å². The molecular weight excluding hydrogens is 375 g/mol. The smallest absolute Gasteiger partial charge is 0.261 e. The molecule has 2 rings (SSSR count). The van der Waals surface area contributed by atoms with Crippen LogP contribution in [0.15, 0.2) is 48.5 Å². The molecule has 156 valence electrons. The average Bonchev–Trinajstić information content (AvgIpc) is 2.70. The molecule has 0 aromatic heterocycles. The van der Waals surface area contributed by atoms with Crippen molar-refractivity contribution in [1.82, 2.24) is 10.2 Å². The molecule has 0 unspecified atom stereocenters. The van der Waals surface area contributed by atoms with Gasteiger partial charge in [0.15, 0.2) is 18.2 Å². The maximum absolute atomic E-state index is 13.8. The number of para-hydroxylation sites is 1. The Morgan fingerprint density at radius 1 is 1.07 bits per heavy atom. The Labute approximate surface area is 170 Å².